The number of aryl methyl sites for hydroxylation is 2. The average molecular weight is 551 g/mol. The minimum atomic E-state index is -0.577. The molecule has 4 rings (SSSR count). The Morgan fingerprint density at radius 3 is 2.44 bits per heavy atom. The lowest BCUT2D eigenvalue weighted by atomic mass is 10.1. The lowest BCUT2D eigenvalue weighted by molar-refractivity contribution is -0.121. The van der Waals surface area contributed by atoms with E-state index in [0.29, 0.717) is 48.0 Å². The summed E-state index contributed by atoms with van der Waals surface area (Å²) in [6.45, 7) is 3.97. The van der Waals surface area contributed by atoms with Crippen LogP contribution < -0.4 is 21.9 Å². The van der Waals surface area contributed by atoms with Gasteiger partial charge in [0.2, 0.25) is 11.8 Å². The number of carbonyl (C=O) groups is 2. The van der Waals surface area contributed by atoms with E-state index in [4.69, 9.17) is 0 Å². The summed E-state index contributed by atoms with van der Waals surface area (Å²) < 4.78 is 16.7. The lowest BCUT2D eigenvalue weighted by Crippen LogP contribution is -2.41. The zero-order valence-electron chi connectivity index (χ0n) is 22.0. The van der Waals surface area contributed by atoms with Crippen LogP contribution in [0.5, 0.6) is 0 Å². The van der Waals surface area contributed by atoms with Crippen LogP contribution in [0.2, 0.25) is 0 Å². The summed E-state index contributed by atoms with van der Waals surface area (Å²) in [4.78, 5) is 51.1. The number of thiophene rings is 1. The number of benzene rings is 2. The Morgan fingerprint density at radius 2 is 1.69 bits per heavy atom. The van der Waals surface area contributed by atoms with E-state index < -0.39 is 23.0 Å². The predicted octanol–water partition coefficient (Wildman–Crippen LogP) is 4.50. The van der Waals surface area contributed by atoms with E-state index in [-0.39, 0.29) is 24.7 Å². The van der Waals surface area contributed by atoms with Crippen molar-refractivity contribution in [3.05, 3.63) is 97.3 Å². The maximum atomic E-state index is 13.9. The number of amides is 2. The van der Waals surface area contributed by atoms with Gasteiger partial charge in [-0.15, -0.1) is 11.3 Å². The highest BCUT2D eigenvalue weighted by molar-refractivity contribution is 7.17. The van der Waals surface area contributed by atoms with E-state index in [0.717, 1.165) is 15.7 Å². The van der Waals surface area contributed by atoms with Gasteiger partial charge in [0.1, 0.15) is 17.1 Å². The second-order valence-corrected chi connectivity index (χ2v) is 10.5. The van der Waals surface area contributed by atoms with Crippen molar-refractivity contribution in [2.24, 2.45) is 0 Å². The van der Waals surface area contributed by atoms with Crippen LogP contribution in [-0.4, -0.2) is 20.9 Å². The normalized spacial score (nSPS) is 11.1. The quantitative estimate of drug-likeness (QED) is 0.269. The largest absolute Gasteiger partial charge is 0.352 e. The maximum absolute atomic E-state index is 13.9. The van der Waals surface area contributed by atoms with Gasteiger partial charge >= 0.3 is 5.69 Å². The van der Waals surface area contributed by atoms with Gasteiger partial charge < -0.3 is 10.6 Å². The number of nitrogens with one attached hydrogen (secondary N) is 2. The SMILES string of the molecule is Cc1ccc(CNC(=O)CCCCCn2c(=O)c3sccc3n(CC(=O)Nc3ccc(C)c(F)c3)c2=O)cc1. The molecule has 0 saturated carbocycles. The molecule has 2 aromatic heterocycles. The molecule has 2 heterocycles. The van der Waals surface area contributed by atoms with Gasteiger partial charge in [0.05, 0.1) is 5.52 Å². The fourth-order valence-corrected chi connectivity index (χ4v) is 5.07. The second kappa shape index (κ2) is 12.7. The van der Waals surface area contributed by atoms with Crippen LogP contribution in [-0.2, 0) is 29.2 Å². The molecule has 0 unspecified atom stereocenters. The molecule has 2 amide bonds. The number of anilines is 1. The van der Waals surface area contributed by atoms with Crippen molar-refractivity contribution in [1.82, 2.24) is 14.5 Å². The molecule has 2 aromatic carbocycles. The van der Waals surface area contributed by atoms with E-state index in [1.165, 1.54) is 22.0 Å². The molecule has 39 heavy (non-hydrogen) atoms. The highest BCUT2D eigenvalue weighted by Crippen LogP contribution is 2.17. The van der Waals surface area contributed by atoms with E-state index in [1.54, 1.807) is 30.5 Å². The van der Waals surface area contributed by atoms with Gasteiger partial charge in [-0.1, -0.05) is 42.3 Å². The number of unbranched alkanes of at least 4 members (excludes halogenated alkanes) is 2. The fraction of sp³-hybridized carbons (Fsp3) is 0.310. The number of halogens is 1. The first-order valence-corrected chi connectivity index (χ1v) is 13.7. The van der Waals surface area contributed by atoms with Crippen molar-refractivity contribution in [1.29, 1.82) is 0 Å². The smallest absolute Gasteiger partial charge is 0.332 e. The minimum Gasteiger partial charge on any atom is -0.352 e. The third-order valence-corrected chi connectivity index (χ3v) is 7.38. The van der Waals surface area contributed by atoms with Crippen LogP contribution in [0.4, 0.5) is 10.1 Å². The molecular weight excluding hydrogens is 519 g/mol. The third-order valence-electron chi connectivity index (χ3n) is 6.49. The number of hydrogen-bond acceptors (Lipinski definition) is 5. The van der Waals surface area contributed by atoms with Crippen molar-refractivity contribution < 1.29 is 14.0 Å². The van der Waals surface area contributed by atoms with Crippen molar-refractivity contribution in [2.75, 3.05) is 5.32 Å². The minimum absolute atomic E-state index is 0.0467. The van der Waals surface area contributed by atoms with Crippen LogP contribution in [0.3, 0.4) is 0 Å². The van der Waals surface area contributed by atoms with Gasteiger partial charge in [0, 0.05) is 25.2 Å². The molecule has 204 valence electrons. The summed E-state index contributed by atoms with van der Waals surface area (Å²) in [5.41, 5.74) is 2.37. The topological polar surface area (TPSA) is 102 Å². The number of fused-ring (bicyclic) bond motifs is 1. The van der Waals surface area contributed by atoms with Crippen molar-refractivity contribution >= 4 is 39.1 Å². The number of hydrogen-bond donors (Lipinski definition) is 2. The molecule has 0 aliphatic carbocycles. The Hall–Kier alpha value is -4.05. The number of nitrogens with zero attached hydrogens (tertiary/aromatic N) is 2. The summed E-state index contributed by atoms with van der Waals surface area (Å²) in [5, 5.41) is 7.22. The summed E-state index contributed by atoms with van der Waals surface area (Å²) in [5.74, 6) is -0.994. The van der Waals surface area contributed by atoms with Crippen LogP contribution in [0.1, 0.15) is 42.4 Å². The Morgan fingerprint density at radius 1 is 0.923 bits per heavy atom. The molecule has 0 fully saturated rings. The van der Waals surface area contributed by atoms with Crippen LogP contribution in [0.25, 0.3) is 10.2 Å². The second-order valence-electron chi connectivity index (χ2n) is 9.55. The summed E-state index contributed by atoms with van der Waals surface area (Å²) >= 11 is 1.21. The zero-order chi connectivity index (χ0) is 27.9. The number of rotatable bonds is 11. The van der Waals surface area contributed by atoms with Crippen LogP contribution in [0.15, 0.2) is 63.5 Å². The Balaban J connectivity index is 1.34. The fourth-order valence-electron chi connectivity index (χ4n) is 4.23. The summed E-state index contributed by atoms with van der Waals surface area (Å²) in [6.07, 6.45) is 2.17. The first kappa shape index (κ1) is 28.0. The summed E-state index contributed by atoms with van der Waals surface area (Å²) in [6, 6.07) is 14.0. The lowest BCUT2D eigenvalue weighted by Gasteiger charge is -2.13. The van der Waals surface area contributed by atoms with Crippen LogP contribution >= 0.6 is 11.3 Å². The molecule has 2 N–H and O–H groups in total. The van der Waals surface area contributed by atoms with Gasteiger partial charge in [0.25, 0.3) is 5.56 Å². The van der Waals surface area contributed by atoms with E-state index in [1.807, 2.05) is 31.2 Å². The molecule has 0 aliphatic rings. The van der Waals surface area contributed by atoms with Crippen molar-refractivity contribution in [2.45, 2.75) is 59.2 Å². The molecule has 0 radical (unpaired) electrons. The predicted molar refractivity (Wildman–Crippen MR) is 152 cm³/mol. The molecule has 0 bridgehead atoms. The summed E-state index contributed by atoms with van der Waals surface area (Å²) in [7, 11) is 0. The Kier molecular flexibility index (Phi) is 9.08. The van der Waals surface area contributed by atoms with Gasteiger partial charge in [-0.2, -0.15) is 0 Å². The Bertz CT molecular complexity index is 1600. The van der Waals surface area contributed by atoms with Crippen LogP contribution in [0, 0.1) is 19.7 Å². The van der Waals surface area contributed by atoms with Gasteiger partial charge in [0.15, 0.2) is 0 Å². The third kappa shape index (κ3) is 7.08. The highest BCUT2D eigenvalue weighted by Gasteiger charge is 2.17. The van der Waals surface area contributed by atoms with E-state index >= 15 is 0 Å². The highest BCUT2D eigenvalue weighted by atomic mass is 32.1. The Labute approximate surface area is 229 Å². The molecule has 10 heteroatoms. The number of carbonyl (C=O) groups excluding carboxylic acids is 2. The van der Waals surface area contributed by atoms with Gasteiger partial charge in [-0.05, 0) is 61.4 Å². The first-order chi connectivity index (χ1) is 18.7. The van der Waals surface area contributed by atoms with Crippen molar-refractivity contribution in [3.63, 3.8) is 0 Å². The number of aromatic nitrogens is 2. The molecule has 0 atom stereocenters. The zero-order valence-corrected chi connectivity index (χ0v) is 22.8. The monoisotopic (exact) mass is 550 g/mol. The standard InChI is InChI=1S/C29H31FN4O4S/c1-19-7-10-21(11-8-19)17-31-25(35)6-4-3-5-14-33-28(37)27-24(13-15-39-27)34(29(33)38)18-26(36)32-22-12-9-20(2)23(30)16-22/h7-13,15-16H,3-6,14,17-18H2,1-2H3,(H,31,35)(H,32,36). The van der Waals surface area contributed by atoms with E-state index in [9.17, 15) is 23.6 Å². The molecule has 4 aromatic rings. The first-order valence-electron chi connectivity index (χ1n) is 12.8. The molecule has 0 aliphatic heterocycles. The molecule has 0 saturated heterocycles. The molecule has 8 nitrogen and oxygen atoms in total. The van der Waals surface area contributed by atoms with Crippen molar-refractivity contribution in [3.8, 4) is 0 Å². The van der Waals surface area contributed by atoms with E-state index in [2.05, 4.69) is 10.6 Å². The van der Waals surface area contributed by atoms with Gasteiger partial charge in [-0.3, -0.25) is 23.5 Å². The van der Waals surface area contributed by atoms with Gasteiger partial charge in [-0.25, -0.2) is 9.18 Å². The average Bonchev–Trinajstić information content (AvgIpc) is 3.40. The maximum Gasteiger partial charge on any atom is 0.332 e. The molecular formula is C29H31FN4O4S. The molecule has 0 spiro atoms.